The maximum Gasteiger partial charge on any atom is 0.110 e. The predicted molar refractivity (Wildman–Crippen MR) is 45.1 cm³/mol. The molecule has 0 aromatic heterocycles. The molecule has 0 fully saturated rings. The molecule has 1 atom stereocenters. The minimum atomic E-state index is -0.462. The Morgan fingerprint density at radius 3 is 2.58 bits per heavy atom. The molecule has 0 radical (unpaired) electrons. The monoisotopic (exact) mass is 160 g/mol. The molecule has 1 aromatic rings. The first kappa shape index (κ1) is 8.28. The van der Waals surface area contributed by atoms with Crippen LogP contribution in [-0.4, -0.2) is 11.4 Å². The van der Waals surface area contributed by atoms with E-state index in [0.29, 0.717) is 0 Å². The van der Waals surface area contributed by atoms with E-state index in [9.17, 15) is 0 Å². The van der Waals surface area contributed by atoms with Crippen molar-refractivity contribution in [2.75, 3.05) is 0 Å². The minimum absolute atomic E-state index is 0.462. The lowest BCUT2D eigenvalue weighted by Gasteiger charge is -2.00. The minimum Gasteiger partial charge on any atom is -0.411 e. The second kappa shape index (κ2) is 4.14. The van der Waals surface area contributed by atoms with E-state index in [0.717, 1.165) is 5.56 Å². The summed E-state index contributed by atoms with van der Waals surface area (Å²) >= 11 is 0. The third kappa shape index (κ3) is 1.83. The Balaban J connectivity index is 2.90. The Morgan fingerprint density at radius 1 is 1.42 bits per heavy atom. The second-order valence-corrected chi connectivity index (χ2v) is 2.28. The van der Waals surface area contributed by atoms with Crippen LogP contribution in [0, 0.1) is 11.3 Å². The average Bonchev–Trinajstić information content (AvgIpc) is 2.15. The first-order valence-electron chi connectivity index (χ1n) is 3.50. The van der Waals surface area contributed by atoms with Gasteiger partial charge in [-0.3, -0.25) is 0 Å². The summed E-state index contributed by atoms with van der Waals surface area (Å²) in [5.41, 5.74) is 0.831. The van der Waals surface area contributed by atoms with Crippen LogP contribution in [0.1, 0.15) is 11.5 Å². The molecule has 3 heteroatoms. The van der Waals surface area contributed by atoms with E-state index < -0.39 is 5.92 Å². The normalized spacial score (nSPS) is 12.6. The van der Waals surface area contributed by atoms with Crippen LogP contribution in [0.15, 0.2) is 35.5 Å². The largest absolute Gasteiger partial charge is 0.411 e. The summed E-state index contributed by atoms with van der Waals surface area (Å²) in [4.78, 5) is 0. The molecule has 1 unspecified atom stereocenters. The van der Waals surface area contributed by atoms with Crippen LogP contribution in [-0.2, 0) is 0 Å². The number of hydrogen-bond donors (Lipinski definition) is 1. The van der Waals surface area contributed by atoms with E-state index >= 15 is 0 Å². The standard InChI is InChI=1S/C9H8N2O/c10-6-9(7-11-12)8-4-2-1-3-5-8/h1-5,7,9,12H/b11-7+. The van der Waals surface area contributed by atoms with Crippen molar-refractivity contribution in [2.24, 2.45) is 5.16 Å². The van der Waals surface area contributed by atoms with Crippen molar-refractivity contribution in [3.05, 3.63) is 35.9 Å². The van der Waals surface area contributed by atoms with Gasteiger partial charge >= 0.3 is 0 Å². The molecule has 0 bridgehead atoms. The molecule has 60 valence electrons. The third-order valence-corrected chi connectivity index (χ3v) is 1.51. The van der Waals surface area contributed by atoms with Crippen molar-refractivity contribution in [2.45, 2.75) is 5.92 Å². The lowest BCUT2D eigenvalue weighted by Crippen LogP contribution is -1.95. The Labute approximate surface area is 70.6 Å². The van der Waals surface area contributed by atoms with Gasteiger partial charge in [0.05, 0.1) is 12.3 Å². The zero-order valence-corrected chi connectivity index (χ0v) is 6.38. The van der Waals surface area contributed by atoms with Gasteiger partial charge in [0.25, 0.3) is 0 Å². The van der Waals surface area contributed by atoms with Crippen molar-refractivity contribution in [3.63, 3.8) is 0 Å². The highest BCUT2D eigenvalue weighted by Gasteiger charge is 2.05. The van der Waals surface area contributed by atoms with E-state index in [1.54, 1.807) is 0 Å². The van der Waals surface area contributed by atoms with Crippen molar-refractivity contribution < 1.29 is 5.21 Å². The summed E-state index contributed by atoms with van der Waals surface area (Å²) in [6, 6.07) is 11.2. The Kier molecular flexibility index (Phi) is 2.86. The van der Waals surface area contributed by atoms with Gasteiger partial charge in [-0.1, -0.05) is 30.3 Å². The Hall–Kier alpha value is -1.82. The number of hydrogen-bond acceptors (Lipinski definition) is 3. The molecule has 1 rings (SSSR count). The molecular formula is C9H8N2O. The summed E-state index contributed by atoms with van der Waals surface area (Å²) in [7, 11) is 0. The van der Waals surface area contributed by atoms with Gasteiger partial charge < -0.3 is 5.21 Å². The van der Waals surface area contributed by atoms with Gasteiger partial charge in [0, 0.05) is 0 Å². The highest BCUT2D eigenvalue weighted by molar-refractivity contribution is 5.70. The maximum atomic E-state index is 8.66. The fourth-order valence-electron chi connectivity index (χ4n) is 0.921. The Bertz CT molecular complexity index is 300. The molecule has 0 heterocycles. The second-order valence-electron chi connectivity index (χ2n) is 2.28. The van der Waals surface area contributed by atoms with Crippen LogP contribution in [0.2, 0.25) is 0 Å². The molecule has 1 aromatic carbocycles. The fraction of sp³-hybridized carbons (Fsp3) is 0.111. The number of nitrogens with zero attached hydrogens (tertiary/aromatic N) is 2. The van der Waals surface area contributed by atoms with Gasteiger partial charge in [0.1, 0.15) is 5.92 Å². The lowest BCUT2D eigenvalue weighted by molar-refractivity contribution is 0.320. The highest BCUT2D eigenvalue weighted by Crippen LogP contribution is 2.11. The summed E-state index contributed by atoms with van der Waals surface area (Å²) in [6.45, 7) is 0. The van der Waals surface area contributed by atoms with Crippen molar-refractivity contribution in [1.82, 2.24) is 0 Å². The van der Waals surface area contributed by atoms with Gasteiger partial charge in [0.15, 0.2) is 0 Å². The first-order chi connectivity index (χ1) is 5.88. The van der Waals surface area contributed by atoms with Crippen molar-refractivity contribution >= 4 is 6.21 Å². The lowest BCUT2D eigenvalue weighted by atomic mass is 10.0. The number of oxime groups is 1. The first-order valence-corrected chi connectivity index (χ1v) is 3.50. The van der Waals surface area contributed by atoms with Crippen LogP contribution in [0.25, 0.3) is 0 Å². The highest BCUT2D eigenvalue weighted by atomic mass is 16.4. The number of rotatable bonds is 2. The SMILES string of the molecule is N#CC(/C=N/O)c1ccccc1. The van der Waals surface area contributed by atoms with Crippen LogP contribution in [0.5, 0.6) is 0 Å². The number of nitriles is 1. The van der Waals surface area contributed by atoms with E-state index in [1.807, 2.05) is 36.4 Å². The molecule has 0 aliphatic rings. The topological polar surface area (TPSA) is 56.4 Å². The third-order valence-electron chi connectivity index (χ3n) is 1.51. The summed E-state index contributed by atoms with van der Waals surface area (Å²) in [5.74, 6) is -0.462. The number of benzene rings is 1. The zero-order chi connectivity index (χ0) is 8.81. The molecule has 0 saturated carbocycles. The van der Waals surface area contributed by atoms with Crippen LogP contribution < -0.4 is 0 Å². The summed E-state index contributed by atoms with van der Waals surface area (Å²) < 4.78 is 0. The van der Waals surface area contributed by atoms with Gasteiger partial charge in [-0.2, -0.15) is 5.26 Å². The van der Waals surface area contributed by atoms with E-state index in [1.165, 1.54) is 6.21 Å². The smallest absolute Gasteiger partial charge is 0.110 e. The molecular weight excluding hydrogens is 152 g/mol. The maximum absolute atomic E-state index is 8.66. The quantitative estimate of drug-likeness (QED) is 0.407. The van der Waals surface area contributed by atoms with Crippen molar-refractivity contribution in [3.8, 4) is 6.07 Å². The average molecular weight is 160 g/mol. The van der Waals surface area contributed by atoms with Crippen LogP contribution in [0.4, 0.5) is 0 Å². The molecule has 0 aliphatic carbocycles. The van der Waals surface area contributed by atoms with E-state index in [4.69, 9.17) is 10.5 Å². The molecule has 0 spiro atoms. The van der Waals surface area contributed by atoms with Crippen LogP contribution >= 0.6 is 0 Å². The van der Waals surface area contributed by atoms with Crippen LogP contribution in [0.3, 0.4) is 0 Å². The molecule has 3 nitrogen and oxygen atoms in total. The van der Waals surface area contributed by atoms with Gasteiger partial charge in [-0.05, 0) is 5.56 Å². The molecule has 1 N–H and O–H groups in total. The van der Waals surface area contributed by atoms with Crippen molar-refractivity contribution in [1.29, 1.82) is 5.26 Å². The van der Waals surface area contributed by atoms with Gasteiger partial charge in [0.2, 0.25) is 0 Å². The zero-order valence-electron chi connectivity index (χ0n) is 6.38. The predicted octanol–water partition coefficient (Wildman–Crippen LogP) is 1.75. The molecule has 0 saturated heterocycles. The molecule has 0 amide bonds. The van der Waals surface area contributed by atoms with E-state index in [2.05, 4.69) is 5.16 Å². The fourth-order valence-corrected chi connectivity index (χ4v) is 0.921. The molecule has 0 aliphatic heterocycles. The summed E-state index contributed by atoms with van der Waals surface area (Å²) in [5, 5.41) is 19.7. The van der Waals surface area contributed by atoms with Gasteiger partial charge in [-0.25, -0.2) is 0 Å². The Morgan fingerprint density at radius 2 is 2.08 bits per heavy atom. The van der Waals surface area contributed by atoms with E-state index in [-0.39, 0.29) is 0 Å². The summed E-state index contributed by atoms with van der Waals surface area (Å²) in [6.07, 6.45) is 1.20. The van der Waals surface area contributed by atoms with Gasteiger partial charge in [-0.15, -0.1) is 5.16 Å². The molecule has 12 heavy (non-hydrogen) atoms.